The smallest absolute Gasteiger partial charge is 0.188 e. The third-order valence-corrected chi connectivity index (χ3v) is 3.50. The second kappa shape index (κ2) is 6.69. The van der Waals surface area contributed by atoms with Crippen molar-refractivity contribution in [1.29, 1.82) is 0 Å². The molecule has 2 rings (SSSR count). The number of carbonyl (C=O) groups excluding carboxylic acids is 1. The maximum absolute atomic E-state index is 12.0. The summed E-state index contributed by atoms with van der Waals surface area (Å²) in [4.78, 5) is 12.0. The van der Waals surface area contributed by atoms with E-state index in [-0.39, 0.29) is 12.4 Å². The van der Waals surface area contributed by atoms with Crippen LogP contribution >= 0.6 is 11.6 Å². The molecule has 0 atom stereocenters. The van der Waals surface area contributed by atoms with Gasteiger partial charge in [0.15, 0.2) is 5.78 Å². The zero-order chi connectivity index (χ0) is 14.5. The Hall–Kier alpha value is -1.64. The summed E-state index contributed by atoms with van der Waals surface area (Å²) in [7, 11) is 0. The van der Waals surface area contributed by atoms with Crippen molar-refractivity contribution < 1.29 is 9.53 Å². The van der Waals surface area contributed by atoms with Crippen LogP contribution in [0.2, 0.25) is 5.02 Å². The highest BCUT2D eigenvalue weighted by Crippen LogP contribution is 2.12. The number of benzene rings is 2. The fourth-order valence-corrected chi connectivity index (χ4v) is 1.97. The summed E-state index contributed by atoms with van der Waals surface area (Å²) < 4.78 is 5.45. The van der Waals surface area contributed by atoms with E-state index in [0.717, 1.165) is 11.1 Å². The molecule has 0 aliphatic heterocycles. The molecule has 0 radical (unpaired) electrons. The number of aryl methyl sites for hydroxylation is 2. The van der Waals surface area contributed by atoms with Gasteiger partial charge in [0.05, 0.1) is 6.61 Å². The van der Waals surface area contributed by atoms with Gasteiger partial charge in [-0.3, -0.25) is 4.79 Å². The molecule has 0 saturated carbocycles. The van der Waals surface area contributed by atoms with Crippen molar-refractivity contribution in [2.24, 2.45) is 0 Å². The second-order valence-electron chi connectivity index (χ2n) is 4.84. The predicted octanol–water partition coefficient (Wildman–Crippen LogP) is 4.36. The van der Waals surface area contributed by atoms with Gasteiger partial charge >= 0.3 is 0 Å². The molecule has 0 unspecified atom stereocenters. The standard InChI is InChI=1S/C17H17ClO2/c1-12-3-6-15(9-13(12)2)17(19)11-20-10-14-4-7-16(18)8-5-14/h3-9H,10-11H2,1-2H3. The van der Waals surface area contributed by atoms with E-state index in [9.17, 15) is 4.79 Å². The van der Waals surface area contributed by atoms with Gasteiger partial charge in [0.2, 0.25) is 0 Å². The van der Waals surface area contributed by atoms with E-state index in [1.54, 1.807) is 0 Å². The number of hydrogen-bond donors (Lipinski definition) is 0. The van der Waals surface area contributed by atoms with Crippen molar-refractivity contribution in [2.45, 2.75) is 20.5 Å². The van der Waals surface area contributed by atoms with Crippen LogP contribution in [0.3, 0.4) is 0 Å². The van der Waals surface area contributed by atoms with E-state index in [2.05, 4.69) is 0 Å². The molecule has 2 aromatic rings. The molecule has 0 saturated heterocycles. The Balaban J connectivity index is 1.88. The number of ketones is 1. The van der Waals surface area contributed by atoms with Crippen LogP contribution in [0, 0.1) is 13.8 Å². The van der Waals surface area contributed by atoms with E-state index < -0.39 is 0 Å². The molecular weight excluding hydrogens is 272 g/mol. The molecule has 2 nitrogen and oxygen atoms in total. The largest absolute Gasteiger partial charge is 0.369 e. The molecule has 2 aromatic carbocycles. The lowest BCUT2D eigenvalue weighted by Gasteiger charge is -2.06. The molecule has 0 aromatic heterocycles. The normalized spacial score (nSPS) is 10.6. The molecule has 0 heterocycles. The maximum atomic E-state index is 12.0. The van der Waals surface area contributed by atoms with Gasteiger partial charge in [-0.2, -0.15) is 0 Å². The summed E-state index contributed by atoms with van der Waals surface area (Å²) >= 11 is 5.81. The number of carbonyl (C=O) groups is 1. The molecule has 0 aliphatic carbocycles. The van der Waals surface area contributed by atoms with E-state index >= 15 is 0 Å². The summed E-state index contributed by atoms with van der Waals surface area (Å²) in [6.07, 6.45) is 0. The molecule has 0 amide bonds. The van der Waals surface area contributed by atoms with Crippen molar-refractivity contribution >= 4 is 17.4 Å². The zero-order valence-electron chi connectivity index (χ0n) is 11.7. The zero-order valence-corrected chi connectivity index (χ0v) is 12.4. The Morgan fingerprint density at radius 3 is 2.40 bits per heavy atom. The van der Waals surface area contributed by atoms with Gasteiger partial charge < -0.3 is 4.74 Å². The summed E-state index contributed by atoms with van der Waals surface area (Å²) in [5, 5.41) is 0.694. The first-order valence-electron chi connectivity index (χ1n) is 6.49. The summed E-state index contributed by atoms with van der Waals surface area (Å²) in [5.41, 5.74) is 4.00. The van der Waals surface area contributed by atoms with Crippen LogP contribution in [0.4, 0.5) is 0 Å². The first-order valence-corrected chi connectivity index (χ1v) is 6.86. The molecular formula is C17H17ClO2. The number of rotatable bonds is 5. The summed E-state index contributed by atoms with van der Waals surface area (Å²) in [6, 6.07) is 13.1. The third kappa shape index (κ3) is 3.92. The first-order chi connectivity index (χ1) is 9.56. The van der Waals surface area contributed by atoms with Crippen LogP contribution in [0.5, 0.6) is 0 Å². The number of Topliss-reactive ketones (excluding diaryl/α,β-unsaturated/α-hetero) is 1. The quantitative estimate of drug-likeness (QED) is 0.764. The van der Waals surface area contributed by atoms with Crippen molar-refractivity contribution in [2.75, 3.05) is 6.61 Å². The van der Waals surface area contributed by atoms with Crippen LogP contribution in [0.25, 0.3) is 0 Å². The highest BCUT2D eigenvalue weighted by Gasteiger charge is 2.07. The Morgan fingerprint density at radius 1 is 1.05 bits per heavy atom. The van der Waals surface area contributed by atoms with Crippen molar-refractivity contribution in [3.05, 3.63) is 69.7 Å². The fraction of sp³-hybridized carbons (Fsp3) is 0.235. The minimum absolute atomic E-state index is 0.00191. The third-order valence-electron chi connectivity index (χ3n) is 3.24. The van der Waals surface area contributed by atoms with E-state index in [1.165, 1.54) is 5.56 Å². The average molecular weight is 289 g/mol. The van der Waals surface area contributed by atoms with Gasteiger partial charge in [0.1, 0.15) is 6.61 Å². The second-order valence-corrected chi connectivity index (χ2v) is 5.28. The molecule has 0 fully saturated rings. The van der Waals surface area contributed by atoms with Crippen LogP contribution in [0.1, 0.15) is 27.0 Å². The van der Waals surface area contributed by atoms with Crippen LogP contribution < -0.4 is 0 Å². The van der Waals surface area contributed by atoms with Gasteiger partial charge in [0, 0.05) is 10.6 Å². The molecule has 3 heteroatoms. The predicted molar refractivity (Wildman–Crippen MR) is 81.4 cm³/mol. The first kappa shape index (κ1) is 14.8. The number of ether oxygens (including phenoxy) is 1. The highest BCUT2D eigenvalue weighted by molar-refractivity contribution is 6.30. The van der Waals surface area contributed by atoms with Gasteiger partial charge in [0.25, 0.3) is 0 Å². The highest BCUT2D eigenvalue weighted by atomic mass is 35.5. The van der Waals surface area contributed by atoms with Crippen LogP contribution in [-0.2, 0) is 11.3 Å². The van der Waals surface area contributed by atoms with Gasteiger partial charge in [-0.1, -0.05) is 35.9 Å². The van der Waals surface area contributed by atoms with E-state index in [4.69, 9.17) is 16.3 Å². The van der Waals surface area contributed by atoms with Crippen molar-refractivity contribution in [3.8, 4) is 0 Å². The molecule has 20 heavy (non-hydrogen) atoms. The number of halogens is 1. The Morgan fingerprint density at radius 2 is 1.75 bits per heavy atom. The molecule has 0 bridgehead atoms. The lowest BCUT2D eigenvalue weighted by Crippen LogP contribution is -2.09. The lowest BCUT2D eigenvalue weighted by molar-refractivity contribution is 0.0726. The van der Waals surface area contributed by atoms with Gasteiger partial charge in [-0.15, -0.1) is 0 Å². The topological polar surface area (TPSA) is 26.3 Å². The lowest BCUT2D eigenvalue weighted by atomic mass is 10.0. The van der Waals surface area contributed by atoms with Crippen molar-refractivity contribution in [3.63, 3.8) is 0 Å². The molecule has 0 N–H and O–H groups in total. The Labute approximate surface area is 124 Å². The minimum Gasteiger partial charge on any atom is -0.369 e. The van der Waals surface area contributed by atoms with E-state index in [1.807, 2.05) is 56.3 Å². The molecule has 0 spiro atoms. The monoisotopic (exact) mass is 288 g/mol. The van der Waals surface area contributed by atoms with Gasteiger partial charge in [-0.25, -0.2) is 0 Å². The number of hydrogen-bond acceptors (Lipinski definition) is 2. The molecule has 104 valence electrons. The van der Waals surface area contributed by atoms with Crippen LogP contribution in [-0.4, -0.2) is 12.4 Å². The molecule has 0 aliphatic rings. The summed E-state index contributed by atoms with van der Waals surface area (Å²) in [6.45, 7) is 4.53. The van der Waals surface area contributed by atoms with E-state index in [0.29, 0.717) is 17.2 Å². The maximum Gasteiger partial charge on any atom is 0.188 e. The van der Waals surface area contributed by atoms with Gasteiger partial charge in [-0.05, 0) is 48.7 Å². The summed E-state index contributed by atoms with van der Waals surface area (Å²) in [5.74, 6) is 0.00191. The Bertz CT molecular complexity index is 603. The van der Waals surface area contributed by atoms with Crippen molar-refractivity contribution in [1.82, 2.24) is 0 Å². The average Bonchev–Trinajstić information content (AvgIpc) is 2.44. The SMILES string of the molecule is Cc1ccc(C(=O)COCc2ccc(Cl)cc2)cc1C. The van der Waals surface area contributed by atoms with Crippen LogP contribution in [0.15, 0.2) is 42.5 Å². The fourth-order valence-electron chi connectivity index (χ4n) is 1.84. The minimum atomic E-state index is 0.00191. The Kier molecular flexibility index (Phi) is 4.94.